The van der Waals surface area contributed by atoms with Crippen LogP contribution in [-0.4, -0.2) is 43.0 Å². The lowest BCUT2D eigenvalue weighted by Gasteiger charge is -2.38. The Kier molecular flexibility index (Phi) is 4.35. The van der Waals surface area contributed by atoms with Gasteiger partial charge < -0.3 is 4.74 Å². The molecule has 1 N–H and O–H groups in total. The highest BCUT2D eigenvalue weighted by Gasteiger charge is 2.47. The number of amides is 4. The predicted octanol–water partition coefficient (Wildman–Crippen LogP) is 1.15. The van der Waals surface area contributed by atoms with Gasteiger partial charge in [0.25, 0.3) is 0 Å². The topological polar surface area (TPSA) is 75.7 Å². The fraction of sp³-hybridized carbons (Fsp3) is 0.769. The van der Waals surface area contributed by atoms with Crippen LogP contribution >= 0.6 is 0 Å². The van der Waals surface area contributed by atoms with Crippen LogP contribution in [0.5, 0.6) is 0 Å². The minimum absolute atomic E-state index is 0.262. The van der Waals surface area contributed by atoms with Crippen molar-refractivity contribution in [1.29, 1.82) is 0 Å². The number of carbonyl (C=O) groups is 3. The Labute approximate surface area is 113 Å². The van der Waals surface area contributed by atoms with Crippen LogP contribution in [0.2, 0.25) is 0 Å². The molecule has 0 spiro atoms. The van der Waals surface area contributed by atoms with Gasteiger partial charge in [-0.2, -0.15) is 0 Å². The monoisotopic (exact) mass is 270 g/mol. The number of rotatable bonds is 5. The highest BCUT2D eigenvalue weighted by atomic mass is 16.5. The van der Waals surface area contributed by atoms with Crippen LogP contribution in [0.3, 0.4) is 0 Å². The van der Waals surface area contributed by atoms with E-state index in [4.69, 9.17) is 4.74 Å². The molecule has 0 aromatic heterocycles. The molecule has 0 aromatic rings. The van der Waals surface area contributed by atoms with Crippen LogP contribution < -0.4 is 5.32 Å². The zero-order valence-electron chi connectivity index (χ0n) is 12.2. The number of carbonyl (C=O) groups excluding carboxylic acids is 3. The van der Waals surface area contributed by atoms with E-state index in [2.05, 4.69) is 5.32 Å². The first-order chi connectivity index (χ1) is 8.62. The molecule has 0 atom stereocenters. The van der Waals surface area contributed by atoms with Gasteiger partial charge in [-0.1, -0.05) is 13.8 Å². The van der Waals surface area contributed by atoms with Crippen molar-refractivity contribution in [1.82, 2.24) is 10.2 Å². The number of nitrogens with one attached hydrogen (secondary N) is 1. The van der Waals surface area contributed by atoms with Crippen LogP contribution in [-0.2, 0) is 14.3 Å². The molecule has 0 aliphatic carbocycles. The first kappa shape index (κ1) is 15.6. The van der Waals surface area contributed by atoms with Gasteiger partial charge in [0.1, 0.15) is 5.41 Å². The summed E-state index contributed by atoms with van der Waals surface area (Å²) in [6.45, 7) is 7.77. The Bertz CT molecular complexity index is 401. The summed E-state index contributed by atoms with van der Waals surface area (Å²) in [5, 5.41) is 2.22. The maximum absolute atomic E-state index is 12.2. The van der Waals surface area contributed by atoms with Crippen molar-refractivity contribution in [3.05, 3.63) is 0 Å². The average molecular weight is 270 g/mol. The third-order valence-corrected chi connectivity index (χ3v) is 3.38. The van der Waals surface area contributed by atoms with E-state index in [1.807, 2.05) is 13.8 Å². The van der Waals surface area contributed by atoms with Crippen molar-refractivity contribution in [3.63, 3.8) is 0 Å². The van der Waals surface area contributed by atoms with E-state index >= 15 is 0 Å². The van der Waals surface area contributed by atoms with Crippen molar-refractivity contribution >= 4 is 17.8 Å². The summed E-state index contributed by atoms with van der Waals surface area (Å²) in [5.41, 5.74) is -1.47. The summed E-state index contributed by atoms with van der Waals surface area (Å²) in [6.07, 6.45) is 0.717. The normalized spacial score (nSPS) is 19.6. The zero-order valence-corrected chi connectivity index (χ0v) is 12.2. The summed E-state index contributed by atoms with van der Waals surface area (Å²) < 4.78 is 5.02. The van der Waals surface area contributed by atoms with Crippen molar-refractivity contribution in [3.8, 4) is 0 Å². The molecule has 0 radical (unpaired) electrons. The number of barbiturate groups is 1. The molecule has 1 aliphatic heterocycles. The van der Waals surface area contributed by atoms with Crippen LogP contribution in [0.15, 0.2) is 0 Å². The molecule has 6 heteroatoms. The highest BCUT2D eigenvalue weighted by Crippen LogP contribution is 2.28. The van der Waals surface area contributed by atoms with Crippen LogP contribution in [0.1, 0.15) is 34.1 Å². The fourth-order valence-electron chi connectivity index (χ4n) is 1.88. The summed E-state index contributed by atoms with van der Waals surface area (Å²) in [5.74, 6) is -1.000. The van der Waals surface area contributed by atoms with E-state index in [1.54, 1.807) is 7.11 Å². The number of imide groups is 2. The lowest BCUT2D eigenvalue weighted by atomic mass is 9.85. The Morgan fingerprint density at radius 3 is 2.37 bits per heavy atom. The van der Waals surface area contributed by atoms with Crippen molar-refractivity contribution in [2.24, 2.45) is 10.8 Å². The lowest BCUT2D eigenvalue weighted by Crippen LogP contribution is -2.63. The van der Waals surface area contributed by atoms with E-state index < -0.39 is 23.3 Å². The van der Waals surface area contributed by atoms with E-state index in [9.17, 15) is 14.4 Å². The van der Waals surface area contributed by atoms with Crippen molar-refractivity contribution in [2.45, 2.75) is 34.1 Å². The number of ether oxygens (including phenoxy) is 1. The quantitative estimate of drug-likeness (QED) is 0.760. The molecule has 1 rings (SSSR count). The summed E-state index contributed by atoms with van der Waals surface area (Å²) in [7, 11) is 1.61. The number of nitrogens with zero attached hydrogens (tertiary/aromatic N) is 1. The Hall–Kier alpha value is -1.43. The minimum Gasteiger partial charge on any atom is -0.385 e. The smallest absolute Gasteiger partial charge is 0.330 e. The summed E-state index contributed by atoms with van der Waals surface area (Å²) >= 11 is 0. The van der Waals surface area contributed by atoms with E-state index in [0.29, 0.717) is 6.61 Å². The molecule has 0 saturated carbocycles. The van der Waals surface area contributed by atoms with Gasteiger partial charge in [0.15, 0.2) is 0 Å². The molecule has 4 amide bonds. The highest BCUT2D eigenvalue weighted by molar-refractivity contribution is 6.18. The van der Waals surface area contributed by atoms with Gasteiger partial charge >= 0.3 is 6.03 Å². The maximum atomic E-state index is 12.2. The van der Waals surface area contributed by atoms with E-state index in [1.165, 1.54) is 13.8 Å². The molecule has 0 aromatic carbocycles. The Balaban J connectivity index is 2.85. The molecule has 1 fully saturated rings. The summed E-state index contributed by atoms with van der Waals surface area (Å²) in [6, 6.07) is -0.639. The molecule has 108 valence electrons. The first-order valence-corrected chi connectivity index (χ1v) is 6.28. The van der Waals surface area contributed by atoms with Crippen molar-refractivity contribution < 1.29 is 19.1 Å². The standard InChI is InChI=1S/C13H22N2O4/c1-12(2,6-7-19-5)8-15-10(17)13(3,4)9(16)14-11(15)18/h6-8H2,1-5H3,(H,14,16,18). The van der Waals surface area contributed by atoms with E-state index in [0.717, 1.165) is 11.3 Å². The van der Waals surface area contributed by atoms with E-state index in [-0.39, 0.29) is 12.0 Å². The number of urea groups is 1. The lowest BCUT2D eigenvalue weighted by molar-refractivity contribution is -0.150. The number of hydrogen-bond donors (Lipinski definition) is 1. The first-order valence-electron chi connectivity index (χ1n) is 6.28. The number of hydrogen-bond acceptors (Lipinski definition) is 4. The Morgan fingerprint density at radius 2 is 1.84 bits per heavy atom. The van der Waals surface area contributed by atoms with Gasteiger partial charge in [0.2, 0.25) is 11.8 Å². The molecule has 1 saturated heterocycles. The second-order valence-corrected chi connectivity index (χ2v) is 6.18. The van der Waals surface area contributed by atoms with Crippen LogP contribution in [0, 0.1) is 10.8 Å². The SMILES string of the molecule is COCCC(C)(C)CN1C(=O)NC(=O)C(C)(C)C1=O. The van der Waals surface area contributed by atoms with Gasteiger partial charge in [-0.05, 0) is 25.7 Å². The fourth-order valence-corrected chi connectivity index (χ4v) is 1.88. The molecule has 1 heterocycles. The minimum atomic E-state index is -1.20. The van der Waals surface area contributed by atoms with Gasteiger partial charge in [-0.15, -0.1) is 0 Å². The predicted molar refractivity (Wildman–Crippen MR) is 69.3 cm³/mol. The zero-order chi connectivity index (χ0) is 14.8. The maximum Gasteiger partial charge on any atom is 0.330 e. The number of methoxy groups -OCH3 is 1. The van der Waals surface area contributed by atoms with Crippen LogP contribution in [0.4, 0.5) is 4.79 Å². The third kappa shape index (κ3) is 3.32. The Morgan fingerprint density at radius 1 is 1.26 bits per heavy atom. The van der Waals surface area contributed by atoms with Crippen LogP contribution in [0.25, 0.3) is 0 Å². The summed E-state index contributed by atoms with van der Waals surface area (Å²) in [4.78, 5) is 36.8. The molecule has 0 unspecified atom stereocenters. The third-order valence-electron chi connectivity index (χ3n) is 3.38. The molecule has 19 heavy (non-hydrogen) atoms. The second-order valence-electron chi connectivity index (χ2n) is 6.18. The molecule has 0 bridgehead atoms. The molecule has 1 aliphatic rings. The van der Waals surface area contributed by atoms with Gasteiger partial charge in [-0.25, -0.2) is 4.79 Å². The van der Waals surface area contributed by atoms with Gasteiger partial charge in [-0.3, -0.25) is 19.8 Å². The van der Waals surface area contributed by atoms with Gasteiger partial charge in [0, 0.05) is 20.3 Å². The van der Waals surface area contributed by atoms with Crippen molar-refractivity contribution in [2.75, 3.05) is 20.3 Å². The largest absolute Gasteiger partial charge is 0.385 e. The molecular weight excluding hydrogens is 248 g/mol. The second kappa shape index (κ2) is 5.28. The average Bonchev–Trinajstić information content (AvgIpc) is 2.30. The molecule has 6 nitrogen and oxygen atoms in total. The molecular formula is C13H22N2O4. The van der Waals surface area contributed by atoms with Gasteiger partial charge in [0.05, 0.1) is 0 Å².